The Bertz CT molecular complexity index is 847. The molecule has 1 saturated heterocycles. The van der Waals surface area contributed by atoms with Gasteiger partial charge in [-0.05, 0) is 60.6 Å². The predicted octanol–water partition coefficient (Wildman–Crippen LogP) is 2.43. The first-order valence-electron chi connectivity index (χ1n) is 9.90. The first kappa shape index (κ1) is 17.8. The number of piperazine rings is 1. The molecule has 2 amide bonds. The maximum Gasteiger partial charge on any atom is 0.253 e. The number of carbonyl (C=O) groups is 2. The van der Waals surface area contributed by atoms with Gasteiger partial charge < -0.3 is 14.4 Å². The first-order valence-corrected chi connectivity index (χ1v) is 9.90. The molecule has 1 aromatic carbocycles. The Balaban J connectivity index is 1.34. The van der Waals surface area contributed by atoms with Crippen molar-refractivity contribution in [1.29, 1.82) is 0 Å². The highest BCUT2D eigenvalue weighted by molar-refractivity contribution is 5.94. The van der Waals surface area contributed by atoms with Crippen LogP contribution in [0.15, 0.2) is 36.7 Å². The van der Waals surface area contributed by atoms with E-state index in [4.69, 9.17) is 0 Å². The molecule has 0 atom stereocenters. The molecule has 1 aliphatic carbocycles. The Labute approximate surface area is 160 Å². The van der Waals surface area contributed by atoms with E-state index in [9.17, 15) is 9.59 Å². The summed E-state index contributed by atoms with van der Waals surface area (Å²) >= 11 is 0. The topological polar surface area (TPSA) is 45.6 Å². The molecule has 2 heterocycles. The molecule has 0 saturated carbocycles. The van der Waals surface area contributed by atoms with Crippen molar-refractivity contribution in [3.63, 3.8) is 0 Å². The van der Waals surface area contributed by atoms with Crippen molar-refractivity contribution < 1.29 is 9.59 Å². The maximum absolute atomic E-state index is 12.9. The minimum Gasteiger partial charge on any atom is -0.357 e. The lowest BCUT2D eigenvalue weighted by Gasteiger charge is -2.35. The van der Waals surface area contributed by atoms with Crippen molar-refractivity contribution in [2.45, 2.75) is 32.1 Å². The fourth-order valence-electron chi connectivity index (χ4n) is 4.16. The van der Waals surface area contributed by atoms with Crippen LogP contribution in [-0.2, 0) is 31.1 Å². The molecule has 1 aliphatic heterocycles. The number of carbonyl (C=O) groups excluding carboxylic acids is 2. The van der Waals surface area contributed by atoms with Crippen LogP contribution in [0.25, 0.3) is 0 Å². The zero-order chi connectivity index (χ0) is 18.8. The number of aryl methyl sites for hydroxylation is 3. The van der Waals surface area contributed by atoms with Crippen molar-refractivity contribution in [2.24, 2.45) is 7.05 Å². The highest BCUT2D eigenvalue weighted by atomic mass is 16.2. The number of hydrogen-bond donors (Lipinski definition) is 0. The second kappa shape index (κ2) is 7.59. The zero-order valence-electron chi connectivity index (χ0n) is 16.0. The van der Waals surface area contributed by atoms with E-state index >= 15 is 0 Å². The van der Waals surface area contributed by atoms with Crippen LogP contribution in [0.1, 0.15) is 39.9 Å². The molecule has 5 heteroatoms. The molecule has 0 radical (unpaired) electrons. The Morgan fingerprint density at radius 1 is 0.926 bits per heavy atom. The number of aromatic nitrogens is 1. The lowest BCUT2D eigenvalue weighted by atomic mass is 9.90. The SMILES string of the molecule is Cn1ccc(CC(=O)N2CCN(C(=O)c3ccc4c(c3)CCCC4)CC2)c1. The number of nitrogens with zero attached hydrogens (tertiary/aromatic N) is 3. The largest absolute Gasteiger partial charge is 0.357 e. The molecule has 0 N–H and O–H groups in total. The summed E-state index contributed by atoms with van der Waals surface area (Å²) in [5.41, 5.74) is 4.56. The lowest BCUT2D eigenvalue weighted by Crippen LogP contribution is -2.51. The van der Waals surface area contributed by atoms with Gasteiger partial charge in [0.15, 0.2) is 0 Å². The van der Waals surface area contributed by atoms with Crippen LogP contribution in [0.3, 0.4) is 0 Å². The smallest absolute Gasteiger partial charge is 0.253 e. The third kappa shape index (κ3) is 3.92. The summed E-state index contributed by atoms with van der Waals surface area (Å²) in [4.78, 5) is 29.1. The average Bonchev–Trinajstić information content (AvgIpc) is 3.11. The standard InChI is InChI=1S/C22H27N3O2/c1-23-9-8-17(16-23)14-21(26)24-10-12-25(13-11-24)22(27)20-7-6-18-4-2-3-5-19(18)15-20/h6-9,15-16H,2-5,10-14H2,1H3. The van der Waals surface area contributed by atoms with Crippen molar-refractivity contribution in [2.75, 3.05) is 26.2 Å². The van der Waals surface area contributed by atoms with E-state index < -0.39 is 0 Å². The van der Waals surface area contributed by atoms with E-state index in [2.05, 4.69) is 12.1 Å². The third-order valence-electron chi connectivity index (χ3n) is 5.76. The third-order valence-corrected chi connectivity index (χ3v) is 5.76. The lowest BCUT2D eigenvalue weighted by molar-refractivity contribution is -0.131. The summed E-state index contributed by atoms with van der Waals surface area (Å²) in [7, 11) is 1.96. The Hall–Kier alpha value is -2.56. The number of rotatable bonds is 3. The average molecular weight is 365 g/mol. The molecule has 0 spiro atoms. The molecule has 142 valence electrons. The summed E-state index contributed by atoms with van der Waals surface area (Å²) in [6.07, 6.45) is 9.04. The molecule has 2 aromatic rings. The molecule has 5 nitrogen and oxygen atoms in total. The summed E-state index contributed by atoms with van der Waals surface area (Å²) in [5.74, 6) is 0.237. The van der Waals surface area contributed by atoms with Gasteiger partial charge in [0.05, 0.1) is 6.42 Å². The van der Waals surface area contributed by atoms with Crippen LogP contribution in [-0.4, -0.2) is 52.4 Å². The summed E-state index contributed by atoms with van der Waals surface area (Å²) in [5, 5.41) is 0. The molecule has 4 rings (SSSR count). The van der Waals surface area contributed by atoms with Gasteiger partial charge in [0, 0.05) is 51.2 Å². The second-order valence-electron chi connectivity index (χ2n) is 7.73. The van der Waals surface area contributed by atoms with Crippen molar-refractivity contribution >= 4 is 11.8 Å². The van der Waals surface area contributed by atoms with Gasteiger partial charge in [0.2, 0.25) is 5.91 Å². The van der Waals surface area contributed by atoms with E-state index in [0.717, 1.165) is 24.0 Å². The number of amides is 2. The molecule has 1 fully saturated rings. The normalized spacial score (nSPS) is 16.9. The van der Waals surface area contributed by atoms with Crippen molar-refractivity contribution in [3.05, 3.63) is 58.9 Å². The monoisotopic (exact) mass is 365 g/mol. The van der Waals surface area contributed by atoms with E-state index in [0.29, 0.717) is 32.6 Å². The quantitative estimate of drug-likeness (QED) is 0.839. The van der Waals surface area contributed by atoms with Crippen LogP contribution in [0, 0.1) is 0 Å². The second-order valence-corrected chi connectivity index (χ2v) is 7.73. The number of hydrogen-bond acceptors (Lipinski definition) is 2. The van der Waals surface area contributed by atoms with E-state index in [1.165, 1.54) is 24.0 Å². The maximum atomic E-state index is 12.9. The highest BCUT2D eigenvalue weighted by Gasteiger charge is 2.25. The molecule has 27 heavy (non-hydrogen) atoms. The fraction of sp³-hybridized carbons (Fsp3) is 0.455. The molecule has 1 aromatic heterocycles. The van der Waals surface area contributed by atoms with Crippen LogP contribution in [0.4, 0.5) is 0 Å². The summed E-state index contributed by atoms with van der Waals surface area (Å²) < 4.78 is 1.96. The Morgan fingerprint density at radius 2 is 1.63 bits per heavy atom. The van der Waals surface area contributed by atoms with Gasteiger partial charge in [0.1, 0.15) is 0 Å². The van der Waals surface area contributed by atoms with E-state index in [1.807, 2.05) is 45.9 Å². The van der Waals surface area contributed by atoms with Gasteiger partial charge in [-0.25, -0.2) is 0 Å². The fourth-order valence-corrected chi connectivity index (χ4v) is 4.16. The van der Waals surface area contributed by atoms with Crippen molar-refractivity contribution in [1.82, 2.24) is 14.4 Å². The first-order chi connectivity index (χ1) is 13.1. The van der Waals surface area contributed by atoms with Gasteiger partial charge in [-0.2, -0.15) is 0 Å². The predicted molar refractivity (Wildman–Crippen MR) is 105 cm³/mol. The van der Waals surface area contributed by atoms with Gasteiger partial charge in [-0.1, -0.05) is 6.07 Å². The van der Waals surface area contributed by atoms with Crippen LogP contribution < -0.4 is 0 Å². The molecule has 0 unspecified atom stereocenters. The number of benzene rings is 1. The number of fused-ring (bicyclic) bond motifs is 1. The van der Waals surface area contributed by atoms with Crippen LogP contribution in [0.5, 0.6) is 0 Å². The summed E-state index contributed by atoms with van der Waals surface area (Å²) in [6, 6.07) is 8.16. The van der Waals surface area contributed by atoms with Gasteiger partial charge in [0.25, 0.3) is 5.91 Å². The summed E-state index contributed by atoms with van der Waals surface area (Å²) in [6.45, 7) is 2.44. The minimum atomic E-state index is 0.0959. The van der Waals surface area contributed by atoms with Gasteiger partial charge in [-0.3, -0.25) is 9.59 Å². The van der Waals surface area contributed by atoms with Crippen LogP contribution >= 0.6 is 0 Å². The van der Waals surface area contributed by atoms with Gasteiger partial charge in [-0.15, -0.1) is 0 Å². The molecule has 2 aliphatic rings. The van der Waals surface area contributed by atoms with Gasteiger partial charge >= 0.3 is 0 Å². The molecule has 0 bridgehead atoms. The minimum absolute atomic E-state index is 0.0959. The Morgan fingerprint density at radius 3 is 2.33 bits per heavy atom. The zero-order valence-corrected chi connectivity index (χ0v) is 16.0. The Kier molecular flexibility index (Phi) is 5.01. The van der Waals surface area contributed by atoms with E-state index in [1.54, 1.807) is 0 Å². The van der Waals surface area contributed by atoms with E-state index in [-0.39, 0.29) is 11.8 Å². The molecular weight excluding hydrogens is 338 g/mol. The van der Waals surface area contributed by atoms with Crippen molar-refractivity contribution in [3.8, 4) is 0 Å². The molecular formula is C22H27N3O2. The highest BCUT2D eigenvalue weighted by Crippen LogP contribution is 2.23. The van der Waals surface area contributed by atoms with Crippen LogP contribution in [0.2, 0.25) is 0 Å².